The SMILES string of the molecule is Cc1cccc(N2CCN(C(=O)/C=C3\SC4C=CC=CC4=NC3=O)CC2)c1C. The lowest BCUT2D eigenvalue weighted by atomic mass is 10.1. The van der Waals surface area contributed by atoms with Gasteiger partial charge in [0.05, 0.1) is 15.9 Å². The molecule has 1 aromatic rings. The highest BCUT2D eigenvalue weighted by molar-refractivity contribution is 8.05. The van der Waals surface area contributed by atoms with Gasteiger partial charge in [-0.25, -0.2) is 4.99 Å². The van der Waals surface area contributed by atoms with Gasteiger partial charge in [0.2, 0.25) is 5.91 Å². The van der Waals surface area contributed by atoms with Crippen molar-refractivity contribution in [3.8, 4) is 0 Å². The standard InChI is InChI=1S/C22H23N3O2S/c1-15-6-5-8-18(16(15)2)24-10-12-25(13-11-24)21(26)14-20-22(27)23-17-7-3-4-9-19(17)28-20/h3-9,14,19H,10-13H2,1-2H3/b20-14-. The number of piperazine rings is 1. The summed E-state index contributed by atoms with van der Waals surface area (Å²) in [6.45, 7) is 7.14. The number of rotatable bonds is 2. The maximum absolute atomic E-state index is 12.7. The third kappa shape index (κ3) is 3.69. The van der Waals surface area contributed by atoms with E-state index in [1.165, 1.54) is 34.7 Å². The molecule has 0 aromatic heterocycles. The van der Waals surface area contributed by atoms with Crippen LogP contribution in [-0.4, -0.2) is 53.9 Å². The number of aliphatic imine (C=N–C) groups is 1. The topological polar surface area (TPSA) is 53.0 Å². The van der Waals surface area contributed by atoms with Gasteiger partial charge in [-0.1, -0.05) is 30.4 Å². The molecule has 1 saturated heterocycles. The van der Waals surface area contributed by atoms with E-state index in [9.17, 15) is 9.59 Å². The second kappa shape index (κ2) is 7.80. The van der Waals surface area contributed by atoms with Crippen molar-refractivity contribution >= 4 is 35.0 Å². The van der Waals surface area contributed by atoms with Crippen LogP contribution in [-0.2, 0) is 9.59 Å². The molecule has 5 nitrogen and oxygen atoms in total. The minimum Gasteiger partial charge on any atom is -0.368 e. The van der Waals surface area contributed by atoms with Crippen molar-refractivity contribution in [2.24, 2.45) is 4.99 Å². The Kier molecular flexibility index (Phi) is 5.22. The Bertz CT molecular complexity index is 937. The number of allylic oxidation sites excluding steroid dienone is 3. The summed E-state index contributed by atoms with van der Waals surface area (Å²) in [4.78, 5) is 33.7. The predicted octanol–water partition coefficient (Wildman–Crippen LogP) is 3.04. The lowest BCUT2D eigenvalue weighted by Gasteiger charge is -2.36. The summed E-state index contributed by atoms with van der Waals surface area (Å²) in [5, 5.41) is 0.0166. The second-order valence-corrected chi connectivity index (χ2v) is 8.35. The van der Waals surface area contributed by atoms with E-state index in [4.69, 9.17) is 0 Å². The molecule has 144 valence electrons. The molecule has 1 aromatic carbocycles. The molecule has 1 fully saturated rings. The summed E-state index contributed by atoms with van der Waals surface area (Å²) in [5.41, 5.74) is 4.56. The summed E-state index contributed by atoms with van der Waals surface area (Å²) >= 11 is 1.40. The molecule has 0 bridgehead atoms. The highest BCUT2D eigenvalue weighted by Crippen LogP contribution is 2.31. The summed E-state index contributed by atoms with van der Waals surface area (Å²) in [6, 6.07) is 6.34. The predicted molar refractivity (Wildman–Crippen MR) is 115 cm³/mol. The van der Waals surface area contributed by atoms with Crippen molar-refractivity contribution in [2.75, 3.05) is 31.1 Å². The Morgan fingerprint density at radius 3 is 2.75 bits per heavy atom. The Hall–Kier alpha value is -2.60. The number of anilines is 1. The van der Waals surface area contributed by atoms with E-state index < -0.39 is 0 Å². The Labute approximate surface area is 169 Å². The molecular formula is C22H23N3O2S. The van der Waals surface area contributed by atoms with Crippen molar-refractivity contribution in [3.05, 3.63) is 64.6 Å². The van der Waals surface area contributed by atoms with Crippen molar-refractivity contribution in [2.45, 2.75) is 19.1 Å². The van der Waals surface area contributed by atoms with E-state index in [-0.39, 0.29) is 17.1 Å². The van der Waals surface area contributed by atoms with Gasteiger partial charge in [0, 0.05) is 37.9 Å². The lowest BCUT2D eigenvalue weighted by Crippen LogP contribution is -2.48. The lowest BCUT2D eigenvalue weighted by molar-refractivity contribution is -0.126. The molecule has 1 unspecified atom stereocenters. The maximum Gasteiger partial charge on any atom is 0.283 e. The van der Waals surface area contributed by atoms with Crippen molar-refractivity contribution in [3.63, 3.8) is 0 Å². The first-order valence-corrected chi connectivity index (χ1v) is 10.4. The highest BCUT2D eigenvalue weighted by Gasteiger charge is 2.28. The van der Waals surface area contributed by atoms with E-state index in [1.54, 1.807) is 0 Å². The van der Waals surface area contributed by atoms with E-state index in [0.717, 1.165) is 18.8 Å². The Morgan fingerprint density at radius 1 is 1.18 bits per heavy atom. The molecular weight excluding hydrogens is 370 g/mol. The molecule has 2 heterocycles. The van der Waals surface area contributed by atoms with Gasteiger partial charge in [-0.05, 0) is 37.1 Å². The molecule has 28 heavy (non-hydrogen) atoms. The van der Waals surface area contributed by atoms with Gasteiger partial charge in [0.15, 0.2) is 0 Å². The number of benzene rings is 1. The van der Waals surface area contributed by atoms with Crippen molar-refractivity contribution < 1.29 is 9.59 Å². The van der Waals surface area contributed by atoms with Crippen LogP contribution in [0.5, 0.6) is 0 Å². The van der Waals surface area contributed by atoms with E-state index >= 15 is 0 Å². The average molecular weight is 394 g/mol. The zero-order chi connectivity index (χ0) is 19.7. The normalized spacial score (nSPS) is 23.1. The quantitative estimate of drug-likeness (QED) is 0.725. The number of amides is 2. The fourth-order valence-electron chi connectivity index (χ4n) is 3.62. The molecule has 6 heteroatoms. The fourth-order valence-corrected chi connectivity index (χ4v) is 4.63. The van der Waals surface area contributed by atoms with E-state index in [2.05, 4.69) is 41.9 Å². The molecule has 1 atom stereocenters. The molecule has 0 N–H and O–H groups in total. The number of hydrogen-bond donors (Lipinski definition) is 0. The minimum atomic E-state index is -0.321. The van der Waals surface area contributed by atoms with Crippen LogP contribution in [0.1, 0.15) is 11.1 Å². The maximum atomic E-state index is 12.7. The molecule has 2 aliphatic heterocycles. The van der Waals surface area contributed by atoms with Crippen LogP contribution < -0.4 is 4.90 Å². The molecule has 0 spiro atoms. The summed E-state index contributed by atoms with van der Waals surface area (Å²) in [7, 11) is 0. The Morgan fingerprint density at radius 2 is 1.96 bits per heavy atom. The third-order valence-electron chi connectivity index (χ3n) is 5.41. The fraction of sp³-hybridized carbons (Fsp3) is 0.318. The number of aryl methyl sites for hydroxylation is 1. The number of fused-ring (bicyclic) bond motifs is 1. The zero-order valence-corrected chi connectivity index (χ0v) is 16.9. The molecule has 0 saturated carbocycles. The monoisotopic (exact) mass is 393 g/mol. The van der Waals surface area contributed by atoms with Crippen LogP contribution in [0.2, 0.25) is 0 Å². The number of carbonyl (C=O) groups excluding carboxylic acids is 2. The number of hydrogen-bond acceptors (Lipinski definition) is 4. The number of carbonyl (C=O) groups is 2. The van der Waals surface area contributed by atoms with E-state index in [1.807, 2.05) is 29.2 Å². The summed E-state index contributed by atoms with van der Waals surface area (Å²) < 4.78 is 0. The smallest absolute Gasteiger partial charge is 0.283 e. The van der Waals surface area contributed by atoms with Gasteiger partial charge >= 0.3 is 0 Å². The first-order valence-electron chi connectivity index (χ1n) is 9.49. The average Bonchev–Trinajstić information content (AvgIpc) is 2.71. The second-order valence-electron chi connectivity index (χ2n) is 7.16. The van der Waals surface area contributed by atoms with Gasteiger partial charge in [-0.3, -0.25) is 9.59 Å². The van der Waals surface area contributed by atoms with Gasteiger partial charge in [0.25, 0.3) is 5.91 Å². The van der Waals surface area contributed by atoms with Crippen LogP contribution in [0.4, 0.5) is 5.69 Å². The molecule has 3 aliphatic rings. The van der Waals surface area contributed by atoms with Gasteiger partial charge in [-0.15, -0.1) is 11.8 Å². The van der Waals surface area contributed by atoms with Crippen molar-refractivity contribution in [1.29, 1.82) is 0 Å². The van der Waals surface area contributed by atoms with Gasteiger partial charge in [0.1, 0.15) is 0 Å². The minimum absolute atomic E-state index is 0.0166. The van der Waals surface area contributed by atoms with Crippen LogP contribution in [0, 0.1) is 13.8 Å². The Balaban J connectivity index is 1.42. The van der Waals surface area contributed by atoms with E-state index in [0.29, 0.717) is 18.0 Å². The van der Waals surface area contributed by atoms with Crippen LogP contribution in [0.3, 0.4) is 0 Å². The number of nitrogens with zero attached hydrogens (tertiary/aromatic N) is 3. The largest absolute Gasteiger partial charge is 0.368 e. The first kappa shape index (κ1) is 18.7. The van der Waals surface area contributed by atoms with Crippen LogP contribution >= 0.6 is 11.8 Å². The van der Waals surface area contributed by atoms with Gasteiger partial charge < -0.3 is 9.80 Å². The first-order chi connectivity index (χ1) is 13.5. The number of thioether (sulfide) groups is 1. The zero-order valence-electron chi connectivity index (χ0n) is 16.1. The molecule has 1 aliphatic carbocycles. The van der Waals surface area contributed by atoms with Crippen molar-refractivity contribution in [1.82, 2.24) is 4.90 Å². The summed E-state index contributed by atoms with van der Waals surface area (Å²) in [6.07, 6.45) is 9.13. The molecule has 0 radical (unpaired) electrons. The van der Waals surface area contributed by atoms with Crippen LogP contribution in [0.15, 0.2) is 58.5 Å². The van der Waals surface area contributed by atoms with Crippen LogP contribution in [0.25, 0.3) is 0 Å². The van der Waals surface area contributed by atoms with Gasteiger partial charge in [-0.2, -0.15) is 0 Å². The highest BCUT2D eigenvalue weighted by atomic mass is 32.2. The molecule has 2 amide bonds. The third-order valence-corrected chi connectivity index (χ3v) is 6.61. The molecule has 4 rings (SSSR count). The summed E-state index contributed by atoms with van der Waals surface area (Å²) in [5.74, 6) is -0.427.